The van der Waals surface area contributed by atoms with Gasteiger partial charge in [0.1, 0.15) is 6.04 Å². The van der Waals surface area contributed by atoms with E-state index in [1.807, 2.05) is 0 Å². The van der Waals surface area contributed by atoms with Gasteiger partial charge in [0.25, 0.3) is 0 Å². The van der Waals surface area contributed by atoms with Gasteiger partial charge >= 0.3 is 0 Å². The van der Waals surface area contributed by atoms with Crippen LogP contribution in [0.25, 0.3) is 0 Å². The molecule has 2 atom stereocenters. The fourth-order valence-corrected chi connectivity index (χ4v) is 5.87. The van der Waals surface area contributed by atoms with E-state index >= 15 is 0 Å². The van der Waals surface area contributed by atoms with Gasteiger partial charge < -0.3 is 10.1 Å². The molecule has 2 fully saturated rings. The van der Waals surface area contributed by atoms with Crippen molar-refractivity contribution in [1.29, 1.82) is 0 Å². The predicted molar refractivity (Wildman–Crippen MR) is 115 cm³/mol. The SMILES string of the molecule is CC(C)CN1CCOC(CNC(=O)C2CCCN2S(=O)(=O)c2ccc(Br)cc2)C1. The largest absolute Gasteiger partial charge is 0.374 e. The number of benzene rings is 1. The number of halogens is 1. The van der Waals surface area contributed by atoms with Crippen LogP contribution in [-0.4, -0.2) is 75.0 Å². The maximum atomic E-state index is 13.0. The van der Waals surface area contributed by atoms with Gasteiger partial charge in [-0.15, -0.1) is 0 Å². The first-order valence-corrected chi connectivity index (χ1v) is 12.4. The molecule has 0 bridgehead atoms. The Bertz CT molecular complexity index is 800. The third-order valence-corrected chi connectivity index (χ3v) is 7.73. The highest BCUT2D eigenvalue weighted by Gasteiger charge is 2.39. The number of sulfonamides is 1. The Labute approximate surface area is 182 Å². The number of amides is 1. The molecule has 0 spiro atoms. The number of ether oxygens (including phenoxy) is 1. The summed E-state index contributed by atoms with van der Waals surface area (Å²) in [6.45, 7) is 8.49. The molecule has 0 saturated carbocycles. The number of carbonyl (C=O) groups excluding carboxylic acids is 1. The summed E-state index contributed by atoms with van der Waals surface area (Å²) in [5.41, 5.74) is 0. The van der Waals surface area contributed by atoms with Crippen LogP contribution in [0.5, 0.6) is 0 Å². The summed E-state index contributed by atoms with van der Waals surface area (Å²) in [5.74, 6) is 0.340. The van der Waals surface area contributed by atoms with Crippen molar-refractivity contribution >= 4 is 31.9 Å². The molecular weight excluding hydrogens is 458 g/mol. The quantitative estimate of drug-likeness (QED) is 0.636. The lowest BCUT2D eigenvalue weighted by molar-refractivity contribution is -0.125. The predicted octanol–water partition coefficient (Wildman–Crippen LogP) is 2.08. The number of nitrogens with one attached hydrogen (secondary N) is 1. The van der Waals surface area contributed by atoms with Gasteiger partial charge in [0.2, 0.25) is 15.9 Å². The molecule has 1 aromatic carbocycles. The summed E-state index contributed by atoms with van der Waals surface area (Å²) in [6.07, 6.45) is 1.15. The van der Waals surface area contributed by atoms with E-state index in [0.717, 1.165) is 24.1 Å². The van der Waals surface area contributed by atoms with Gasteiger partial charge in [-0.3, -0.25) is 9.69 Å². The molecule has 7 nitrogen and oxygen atoms in total. The molecule has 1 aromatic rings. The van der Waals surface area contributed by atoms with Crippen molar-refractivity contribution in [1.82, 2.24) is 14.5 Å². The van der Waals surface area contributed by atoms with Crippen molar-refractivity contribution < 1.29 is 17.9 Å². The Kier molecular flexibility index (Phi) is 7.72. The summed E-state index contributed by atoms with van der Waals surface area (Å²) in [7, 11) is -3.70. The van der Waals surface area contributed by atoms with E-state index in [2.05, 4.69) is 40.0 Å². The lowest BCUT2D eigenvalue weighted by atomic mass is 10.1. The number of morpholine rings is 1. The van der Waals surface area contributed by atoms with Gasteiger partial charge in [-0.25, -0.2) is 8.42 Å². The Morgan fingerprint density at radius 1 is 1.28 bits per heavy atom. The fraction of sp³-hybridized carbons (Fsp3) is 0.650. The van der Waals surface area contributed by atoms with Crippen molar-refractivity contribution in [3.05, 3.63) is 28.7 Å². The first-order valence-electron chi connectivity index (χ1n) is 10.2. The number of nitrogens with zero attached hydrogens (tertiary/aromatic N) is 2. The van der Waals surface area contributed by atoms with Gasteiger partial charge in [-0.05, 0) is 43.0 Å². The van der Waals surface area contributed by atoms with Crippen molar-refractivity contribution in [2.45, 2.75) is 43.7 Å². The third kappa shape index (κ3) is 5.79. The fourth-order valence-electron chi connectivity index (χ4n) is 3.95. The van der Waals surface area contributed by atoms with E-state index in [9.17, 15) is 13.2 Å². The Morgan fingerprint density at radius 2 is 2.00 bits per heavy atom. The molecular formula is C20H30BrN3O4S. The van der Waals surface area contributed by atoms with Gasteiger partial charge in [-0.1, -0.05) is 29.8 Å². The molecule has 162 valence electrons. The second-order valence-corrected chi connectivity index (χ2v) is 10.9. The molecule has 9 heteroatoms. The molecule has 2 saturated heterocycles. The summed E-state index contributed by atoms with van der Waals surface area (Å²) < 4.78 is 34.0. The van der Waals surface area contributed by atoms with Crippen LogP contribution in [0, 0.1) is 5.92 Å². The molecule has 2 unspecified atom stereocenters. The Hall–Kier alpha value is -1.00. The number of rotatable bonds is 7. The van der Waals surface area contributed by atoms with Crippen LogP contribution in [0.1, 0.15) is 26.7 Å². The van der Waals surface area contributed by atoms with Crippen LogP contribution < -0.4 is 5.32 Å². The summed E-state index contributed by atoms with van der Waals surface area (Å²) in [4.78, 5) is 15.4. The van der Waals surface area contributed by atoms with Crippen molar-refractivity contribution in [2.75, 3.05) is 39.3 Å². The lowest BCUT2D eigenvalue weighted by Gasteiger charge is -2.34. The zero-order valence-electron chi connectivity index (χ0n) is 17.0. The zero-order chi connectivity index (χ0) is 21.0. The molecule has 1 N–H and O–H groups in total. The molecule has 1 amide bonds. The topological polar surface area (TPSA) is 79.0 Å². The first kappa shape index (κ1) is 22.7. The third-order valence-electron chi connectivity index (χ3n) is 5.28. The van der Waals surface area contributed by atoms with E-state index in [1.165, 1.54) is 4.31 Å². The molecule has 0 aromatic heterocycles. The lowest BCUT2D eigenvalue weighted by Crippen LogP contribution is -2.51. The van der Waals surface area contributed by atoms with E-state index < -0.39 is 16.1 Å². The first-order chi connectivity index (χ1) is 13.8. The molecule has 2 aliphatic rings. The number of hydrogen-bond acceptors (Lipinski definition) is 5. The monoisotopic (exact) mass is 487 g/mol. The summed E-state index contributed by atoms with van der Waals surface area (Å²) in [5, 5.41) is 2.93. The molecule has 2 aliphatic heterocycles. The summed E-state index contributed by atoms with van der Waals surface area (Å²) >= 11 is 3.32. The number of hydrogen-bond donors (Lipinski definition) is 1. The van der Waals surface area contributed by atoms with E-state index in [-0.39, 0.29) is 16.9 Å². The minimum atomic E-state index is -3.70. The molecule has 0 aliphatic carbocycles. The molecule has 2 heterocycles. The highest BCUT2D eigenvalue weighted by molar-refractivity contribution is 9.10. The Balaban J connectivity index is 1.59. The number of carbonyl (C=O) groups is 1. The molecule has 29 heavy (non-hydrogen) atoms. The van der Waals surface area contributed by atoms with Gasteiger partial charge in [0.15, 0.2) is 0 Å². The van der Waals surface area contributed by atoms with E-state index in [0.29, 0.717) is 38.5 Å². The van der Waals surface area contributed by atoms with Crippen molar-refractivity contribution in [3.8, 4) is 0 Å². The summed E-state index contributed by atoms with van der Waals surface area (Å²) in [6, 6.07) is 5.85. The highest BCUT2D eigenvalue weighted by atomic mass is 79.9. The van der Waals surface area contributed by atoms with Crippen LogP contribution in [0.4, 0.5) is 0 Å². The standard InChI is InChI=1S/C20H30BrN3O4S/c1-15(2)13-23-10-11-28-17(14-23)12-22-20(25)19-4-3-9-24(19)29(26,27)18-7-5-16(21)6-8-18/h5-8,15,17,19H,3-4,9-14H2,1-2H3,(H,22,25). The normalized spacial score (nSPS) is 24.1. The van der Waals surface area contributed by atoms with Gasteiger partial charge in [0, 0.05) is 37.2 Å². The van der Waals surface area contributed by atoms with Crippen LogP contribution in [0.3, 0.4) is 0 Å². The Morgan fingerprint density at radius 3 is 2.69 bits per heavy atom. The van der Waals surface area contributed by atoms with Crippen LogP contribution >= 0.6 is 15.9 Å². The highest BCUT2D eigenvalue weighted by Crippen LogP contribution is 2.27. The minimum absolute atomic E-state index is 0.0654. The molecule has 0 radical (unpaired) electrons. The maximum Gasteiger partial charge on any atom is 0.243 e. The van der Waals surface area contributed by atoms with E-state index in [4.69, 9.17) is 4.74 Å². The second kappa shape index (κ2) is 9.87. The molecule has 3 rings (SSSR count). The zero-order valence-corrected chi connectivity index (χ0v) is 19.4. The minimum Gasteiger partial charge on any atom is -0.374 e. The van der Waals surface area contributed by atoms with Crippen molar-refractivity contribution in [3.63, 3.8) is 0 Å². The van der Waals surface area contributed by atoms with E-state index in [1.54, 1.807) is 24.3 Å². The van der Waals surface area contributed by atoms with Gasteiger partial charge in [0.05, 0.1) is 17.6 Å². The van der Waals surface area contributed by atoms with Crippen LogP contribution in [-0.2, 0) is 19.6 Å². The van der Waals surface area contributed by atoms with Gasteiger partial charge in [-0.2, -0.15) is 4.31 Å². The average Bonchev–Trinajstić information content (AvgIpc) is 3.17. The second-order valence-electron chi connectivity index (χ2n) is 8.12. The average molecular weight is 488 g/mol. The maximum absolute atomic E-state index is 13.0. The van der Waals surface area contributed by atoms with Crippen LogP contribution in [0.2, 0.25) is 0 Å². The van der Waals surface area contributed by atoms with Crippen molar-refractivity contribution in [2.24, 2.45) is 5.92 Å². The van der Waals surface area contributed by atoms with Crippen LogP contribution in [0.15, 0.2) is 33.6 Å². The smallest absolute Gasteiger partial charge is 0.243 e.